The Morgan fingerprint density at radius 1 is 0.667 bits per heavy atom. The highest BCUT2D eigenvalue weighted by Crippen LogP contribution is 2.14. The van der Waals surface area contributed by atoms with E-state index in [-0.39, 0.29) is 0 Å². The van der Waals surface area contributed by atoms with Crippen molar-refractivity contribution in [1.82, 2.24) is 9.80 Å². The zero-order valence-corrected chi connectivity index (χ0v) is 22.7. The van der Waals surface area contributed by atoms with Crippen molar-refractivity contribution in [3.8, 4) is 0 Å². The van der Waals surface area contributed by atoms with Gasteiger partial charge in [-0.15, -0.1) is 0 Å². The van der Waals surface area contributed by atoms with Gasteiger partial charge in [-0.05, 0) is 92.5 Å². The molecule has 0 aromatic rings. The summed E-state index contributed by atoms with van der Waals surface area (Å²) in [6.45, 7) is 18.4. The van der Waals surface area contributed by atoms with E-state index in [2.05, 4.69) is 75.6 Å². The molecule has 1 aliphatic heterocycles. The maximum Gasteiger partial charge on any atom is 0.222 e. The Morgan fingerprint density at radius 3 is 1.58 bits per heavy atom. The van der Waals surface area contributed by atoms with Crippen molar-refractivity contribution in [3.63, 3.8) is 0 Å². The van der Waals surface area contributed by atoms with Crippen molar-refractivity contribution in [2.75, 3.05) is 32.7 Å². The van der Waals surface area contributed by atoms with Gasteiger partial charge in [-0.25, -0.2) is 0 Å². The van der Waals surface area contributed by atoms with E-state index < -0.39 is 0 Å². The highest BCUT2D eigenvalue weighted by atomic mass is 16.2. The number of amides is 1. The molecular formula is C30H52N2O. The molecule has 1 amide bonds. The van der Waals surface area contributed by atoms with Gasteiger partial charge in [0, 0.05) is 32.6 Å². The molecule has 0 N–H and O–H groups in total. The molecule has 0 radical (unpaired) electrons. The van der Waals surface area contributed by atoms with Crippen molar-refractivity contribution in [2.45, 2.75) is 106 Å². The maximum absolute atomic E-state index is 12.5. The number of carbonyl (C=O) groups excluding carboxylic acids is 1. The Bertz CT molecular complexity index is 671. The lowest BCUT2D eigenvalue weighted by molar-refractivity contribution is -0.132. The minimum Gasteiger partial charge on any atom is -0.340 e. The first-order valence-electron chi connectivity index (χ1n) is 13.4. The monoisotopic (exact) mass is 456 g/mol. The molecule has 0 bridgehead atoms. The van der Waals surface area contributed by atoms with Gasteiger partial charge in [-0.1, -0.05) is 59.9 Å². The summed E-state index contributed by atoms with van der Waals surface area (Å²) >= 11 is 0. The van der Waals surface area contributed by atoms with Crippen LogP contribution in [0.3, 0.4) is 0 Å². The Hall–Kier alpha value is -1.61. The number of nitrogens with zero attached hydrogens (tertiary/aromatic N) is 2. The maximum atomic E-state index is 12.5. The van der Waals surface area contributed by atoms with Crippen LogP contribution in [-0.4, -0.2) is 48.4 Å². The van der Waals surface area contributed by atoms with Crippen LogP contribution in [0.15, 0.2) is 46.6 Å². The van der Waals surface area contributed by atoms with Crippen molar-refractivity contribution >= 4 is 5.91 Å². The van der Waals surface area contributed by atoms with Gasteiger partial charge in [0.25, 0.3) is 0 Å². The molecule has 0 aromatic carbocycles. The summed E-state index contributed by atoms with van der Waals surface area (Å²) in [5.41, 5.74) is 5.82. The Labute approximate surface area is 205 Å². The second kappa shape index (κ2) is 17.8. The molecule has 0 spiro atoms. The summed E-state index contributed by atoms with van der Waals surface area (Å²) in [6.07, 6.45) is 20.3. The number of unbranched alkanes of at least 4 members (excludes halogenated alkanes) is 1. The molecule has 3 heteroatoms. The average molecular weight is 457 g/mol. The predicted molar refractivity (Wildman–Crippen MR) is 146 cm³/mol. The minimum atomic E-state index is 0.328. The van der Waals surface area contributed by atoms with Crippen LogP contribution in [-0.2, 0) is 4.79 Å². The minimum absolute atomic E-state index is 0.328. The van der Waals surface area contributed by atoms with E-state index in [1.165, 1.54) is 48.1 Å². The van der Waals surface area contributed by atoms with Gasteiger partial charge < -0.3 is 4.90 Å². The number of hydrogen-bond donors (Lipinski definition) is 0. The SMILES string of the molecule is CCCCN1CCN(C(=O)CC/C=C(\C)CCC=C(C)CC/C=C(\C)CCC=C(C)C)CC1. The standard InChI is InChI=1S/C30H52N2O/c1-7-8-21-31-22-24-32(25-23-31)30(33)20-12-19-29(6)18-11-17-28(5)16-10-15-27(4)14-9-13-26(2)3/h13,15,17,19H,7-12,14,16,18,20-25H2,1-6H3/b27-15+,28-17?,29-19+. The molecule has 1 saturated heterocycles. The lowest BCUT2D eigenvalue weighted by Gasteiger charge is -2.34. The quantitative estimate of drug-likeness (QED) is 0.234. The molecule has 1 aliphatic rings. The summed E-state index contributed by atoms with van der Waals surface area (Å²) in [6, 6.07) is 0. The fourth-order valence-electron chi connectivity index (χ4n) is 4.19. The molecule has 0 aliphatic carbocycles. The van der Waals surface area contributed by atoms with Crippen molar-refractivity contribution in [3.05, 3.63) is 46.6 Å². The van der Waals surface area contributed by atoms with E-state index >= 15 is 0 Å². The number of rotatable bonds is 15. The molecule has 1 rings (SSSR count). The van der Waals surface area contributed by atoms with Crippen LogP contribution >= 0.6 is 0 Å². The molecule has 1 heterocycles. The topological polar surface area (TPSA) is 23.6 Å². The van der Waals surface area contributed by atoms with E-state index in [0.717, 1.165) is 64.7 Å². The molecule has 3 nitrogen and oxygen atoms in total. The normalized spacial score (nSPS) is 16.3. The zero-order chi connectivity index (χ0) is 24.5. The van der Waals surface area contributed by atoms with E-state index in [0.29, 0.717) is 12.3 Å². The number of piperazine rings is 1. The van der Waals surface area contributed by atoms with Crippen LogP contribution in [0, 0.1) is 0 Å². The van der Waals surface area contributed by atoms with Crippen LogP contribution in [0.4, 0.5) is 0 Å². The smallest absolute Gasteiger partial charge is 0.222 e. The first-order chi connectivity index (χ1) is 15.8. The van der Waals surface area contributed by atoms with E-state index in [9.17, 15) is 4.79 Å². The largest absolute Gasteiger partial charge is 0.340 e. The molecular weight excluding hydrogens is 404 g/mol. The fourth-order valence-corrected chi connectivity index (χ4v) is 4.19. The first-order valence-corrected chi connectivity index (χ1v) is 13.4. The second-order valence-electron chi connectivity index (χ2n) is 10.2. The van der Waals surface area contributed by atoms with Gasteiger partial charge >= 0.3 is 0 Å². The zero-order valence-electron chi connectivity index (χ0n) is 22.7. The van der Waals surface area contributed by atoms with Gasteiger partial charge in [0.2, 0.25) is 5.91 Å². The number of allylic oxidation sites excluding steroid dienone is 8. The average Bonchev–Trinajstić information content (AvgIpc) is 2.77. The van der Waals surface area contributed by atoms with Crippen molar-refractivity contribution in [2.24, 2.45) is 0 Å². The highest BCUT2D eigenvalue weighted by molar-refractivity contribution is 5.76. The lowest BCUT2D eigenvalue weighted by Crippen LogP contribution is -2.48. The van der Waals surface area contributed by atoms with Crippen LogP contribution < -0.4 is 0 Å². The third kappa shape index (κ3) is 15.0. The Morgan fingerprint density at radius 2 is 1.12 bits per heavy atom. The van der Waals surface area contributed by atoms with E-state index in [1.807, 2.05) is 0 Å². The molecule has 188 valence electrons. The Kier molecular flexibility index (Phi) is 15.9. The Balaban J connectivity index is 2.20. The number of hydrogen-bond acceptors (Lipinski definition) is 2. The lowest BCUT2D eigenvalue weighted by atomic mass is 10.0. The van der Waals surface area contributed by atoms with Crippen LogP contribution in [0.2, 0.25) is 0 Å². The van der Waals surface area contributed by atoms with Gasteiger partial charge in [-0.3, -0.25) is 9.69 Å². The van der Waals surface area contributed by atoms with Gasteiger partial charge in [0.05, 0.1) is 0 Å². The van der Waals surface area contributed by atoms with Crippen LogP contribution in [0.25, 0.3) is 0 Å². The van der Waals surface area contributed by atoms with Gasteiger partial charge in [-0.2, -0.15) is 0 Å². The number of carbonyl (C=O) groups is 1. The third-order valence-electron chi connectivity index (χ3n) is 6.56. The molecule has 0 aromatic heterocycles. The molecule has 1 fully saturated rings. The summed E-state index contributed by atoms with van der Waals surface area (Å²) in [4.78, 5) is 17.1. The molecule has 0 saturated carbocycles. The second-order valence-corrected chi connectivity index (χ2v) is 10.2. The predicted octanol–water partition coefficient (Wildman–Crippen LogP) is 7.86. The third-order valence-corrected chi connectivity index (χ3v) is 6.56. The van der Waals surface area contributed by atoms with Gasteiger partial charge in [0.15, 0.2) is 0 Å². The summed E-state index contributed by atoms with van der Waals surface area (Å²) in [5, 5.41) is 0. The van der Waals surface area contributed by atoms with E-state index in [1.54, 1.807) is 0 Å². The van der Waals surface area contributed by atoms with Crippen molar-refractivity contribution < 1.29 is 4.79 Å². The molecule has 0 unspecified atom stereocenters. The summed E-state index contributed by atoms with van der Waals surface area (Å²) in [7, 11) is 0. The van der Waals surface area contributed by atoms with E-state index in [4.69, 9.17) is 0 Å². The summed E-state index contributed by atoms with van der Waals surface area (Å²) in [5.74, 6) is 0.328. The van der Waals surface area contributed by atoms with Crippen molar-refractivity contribution in [1.29, 1.82) is 0 Å². The molecule has 0 atom stereocenters. The highest BCUT2D eigenvalue weighted by Gasteiger charge is 2.19. The molecule has 33 heavy (non-hydrogen) atoms. The van der Waals surface area contributed by atoms with Crippen LogP contribution in [0.1, 0.15) is 106 Å². The fraction of sp³-hybridized carbons (Fsp3) is 0.700. The first kappa shape index (κ1) is 29.4. The van der Waals surface area contributed by atoms with Crippen LogP contribution in [0.5, 0.6) is 0 Å². The summed E-state index contributed by atoms with van der Waals surface area (Å²) < 4.78 is 0. The van der Waals surface area contributed by atoms with Gasteiger partial charge in [0.1, 0.15) is 0 Å².